The molecule has 106 valence electrons. The monoisotopic (exact) mass is 282 g/mol. The molecule has 3 N–H and O–H groups in total. The summed E-state index contributed by atoms with van der Waals surface area (Å²) in [6.45, 7) is 2.69. The fourth-order valence-electron chi connectivity index (χ4n) is 2.14. The van der Waals surface area contributed by atoms with E-state index in [-0.39, 0.29) is 24.4 Å². The molecule has 4 heteroatoms. The highest BCUT2D eigenvalue weighted by molar-refractivity contribution is 5.85. The zero-order chi connectivity index (χ0) is 13.0. The molecule has 1 aliphatic carbocycles. The van der Waals surface area contributed by atoms with E-state index in [4.69, 9.17) is 5.73 Å². The Bertz CT molecular complexity index is 418. The molecule has 0 radical (unpaired) electrons. The third kappa shape index (κ3) is 5.62. The number of benzene rings is 1. The zero-order valence-corrected chi connectivity index (χ0v) is 12.2. The van der Waals surface area contributed by atoms with Crippen molar-refractivity contribution in [3.05, 3.63) is 35.4 Å². The van der Waals surface area contributed by atoms with Crippen molar-refractivity contribution in [1.29, 1.82) is 0 Å². The van der Waals surface area contributed by atoms with Gasteiger partial charge in [-0.1, -0.05) is 29.8 Å². The average Bonchev–Trinajstić information content (AvgIpc) is 3.17. The van der Waals surface area contributed by atoms with Crippen molar-refractivity contribution in [2.75, 3.05) is 6.54 Å². The summed E-state index contributed by atoms with van der Waals surface area (Å²) >= 11 is 0. The number of rotatable bonds is 6. The molecular weight excluding hydrogens is 260 g/mol. The molecule has 1 atom stereocenters. The highest BCUT2D eigenvalue weighted by Gasteiger charge is 2.28. The van der Waals surface area contributed by atoms with Crippen molar-refractivity contribution >= 4 is 18.3 Å². The van der Waals surface area contributed by atoms with Gasteiger partial charge in [-0.05, 0) is 37.7 Å². The van der Waals surface area contributed by atoms with Crippen molar-refractivity contribution in [1.82, 2.24) is 5.32 Å². The molecule has 1 aromatic rings. The maximum absolute atomic E-state index is 11.7. The van der Waals surface area contributed by atoms with Gasteiger partial charge in [-0.3, -0.25) is 4.79 Å². The molecule has 3 nitrogen and oxygen atoms in total. The van der Waals surface area contributed by atoms with Crippen LogP contribution in [-0.2, 0) is 11.2 Å². The van der Waals surface area contributed by atoms with Crippen LogP contribution in [0.1, 0.15) is 30.4 Å². The fraction of sp³-hybridized carbons (Fsp3) is 0.533. The summed E-state index contributed by atoms with van der Waals surface area (Å²) in [5.74, 6) is 0.745. The van der Waals surface area contributed by atoms with Gasteiger partial charge < -0.3 is 11.1 Å². The molecule has 0 saturated heterocycles. The minimum atomic E-state index is 0. The Balaban J connectivity index is 0.00000180. The van der Waals surface area contributed by atoms with Crippen LogP contribution >= 0.6 is 12.4 Å². The van der Waals surface area contributed by atoms with Crippen LogP contribution in [0.25, 0.3) is 0 Å². The second-order valence-electron chi connectivity index (χ2n) is 5.29. The van der Waals surface area contributed by atoms with Crippen LogP contribution in [0.4, 0.5) is 0 Å². The van der Waals surface area contributed by atoms with E-state index in [1.807, 2.05) is 6.07 Å². The van der Waals surface area contributed by atoms with Gasteiger partial charge in [-0.2, -0.15) is 0 Å². The maximum atomic E-state index is 11.7. The minimum absolute atomic E-state index is 0. The van der Waals surface area contributed by atoms with E-state index in [0.717, 1.165) is 6.42 Å². The number of hydrogen-bond donors (Lipinski definition) is 2. The molecule has 0 aromatic heterocycles. The largest absolute Gasteiger partial charge is 0.355 e. The summed E-state index contributed by atoms with van der Waals surface area (Å²) in [6, 6.07) is 8.44. The van der Waals surface area contributed by atoms with E-state index >= 15 is 0 Å². The topological polar surface area (TPSA) is 55.1 Å². The standard InChI is InChI=1S/C15H22N2O.ClH/c1-11-3-2-4-12(9-11)5-8-15(18)17-10-14(16)13-6-7-13;/h2-4,9,13-14H,5-8,10,16H2,1H3,(H,17,18);1H. The smallest absolute Gasteiger partial charge is 0.220 e. The Hall–Kier alpha value is -1.06. The fourth-order valence-corrected chi connectivity index (χ4v) is 2.14. The van der Waals surface area contributed by atoms with Crippen molar-refractivity contribution < 1.29 is 4.79 Å². The summed E-state index contributed by atoms with van der Waals surface area (Å²) < 4.78 is 0. The summed E-state index contributed by atoms with van der Waals surface area (Å²) in [5.41, 5.74) is 8.40. The number of halogens is 1. The number of aryl methyl sites for hydroxylation is 2. The molecule has 0 aliphatic heterocycles. The summed E-state index contributed by atoms with van der Waals surface area (Å²) in [4.78, 5) is 11.7. The van der Waals surface area contributed by atoms with Crippen molar-refractivity contribution in [2.45, 2.75) is 38.6 Å². The Labute approximate surface area is 121 Å². The molecule has 1 unspecified atom stereocenters. The van der Waals surface area contributed by atoms with Gasteiger partial charge in [0, 0.05) is 19.0 Å². The van der Waals surface area contributed by atoms with Crippen LogP contribution in [0.15, 0.2) is 24.3 Å². The van der Waals surface area contributed by atoms with Crippen molar-refractivity contribution in [3.8, 4) is 0 Å². The quantitative estimate of drug-likeness (QED) is 0.840. The predicted octanol–water partition coefficient (Wildman–Crippen LogP) is 2.20. The Kier molecular flexibility index (Phi) is 6.32. The van der Waals surface area contributed by atoms with Crippen LogP contribution in [0.2, 0.25) is 0 Å². The number of amides is 1. The number of carbonyl (C=O) groups is 1. The third-order valence-corrected chi connectivity index (χ3v) is 3.49. The van der Waals surface area contributed by atoms with Gasteiger partial charge in [0.25, 0.3) is 0 Å². The van der Waals surface area contributed by atoms with E-state index in [1.165, 1.54) is 24.0 Å². The molecule has 1 aliphatic rings. The molecule has 0 heterocycles. The molecule has 19 heavy (non-hydrogen) atoms. The van der Waals surface area contributed by atoms with E-state index in [9.17, 15) is 4.79 Å². The number of hydrogen-bond acceptors (Lipinski definition) is 2. The van der Waals surface area contributed by atoms with Crippen LogP contribution < -0.4 is 11.1 Å². The highest BCUT2D eigenvalue weighted by Crippen LogP contribution is 2.31. The average molecular weight is 283 g/mol. The summed E-state index contributed by atoms with van der Waals surface area (Å²) in [6.07, 6.45) is 3.79. The second-order valence-corrected chi connectivity index (χ2v) is 5.29. The van der Waals surface area contributed by atoms with Gasteiger partial charge in [0.1, 0.15) is 0 Å². The molecule has 1 amide bonds. The first-order chi connectivity index (χ1) is 8.65. The molecule has 0 bridgehead atoms. The minimum Gasteiger partial charge on any atom is -0.355 e. The van der Waals surface area contributed by atoms with Crippen LogP contribution in [0.5, 0.6) is 0 Å². The van der Waals surface area contributed by atoms with E-state index < -0.39 is 0 Å². The van der Waals surface area contributed by atoms with E-state index in [1.54, 1.807) is 0 Å². The molecule has 1 aromatic carbocycles. The second kappa shape index (κ2) is 7.51. The van der Waals surface area contributed by atoms with Gasteiger partial charge in [0.2, 0.25) is 5.91 Å². The van der Waals surface area contributed by atoms with Gasteiger partial charge in [0.05, 0.1) is 0 Å². The van der Waals surface area contributed by atoms with Gasteiger partial charge in [0.15, 0.2) is 0 Å². The van der Waals surface area contributed by atoms with Crippen LogP contribution in [0, 0.1) is 12.8 Å². The Morgan fingerprint density at radius 3 is 2.84 bits per heavy atom. The third-order valence-electron chi connectivity index (χ3n) is 3.49. The zero-order valence-electron chi connectivity index (χ0n) is 11.4. The Morgan fingerprint density at radius 2 is 2.21 bits per heavy atom. The number of nitrogens with two attached hydrogens (primary N) is 1. The predicted molar refractivity (Wildman–Crippen MR) is 80.5 cm³/mol. The van der Waals surface area contributed by atoms with E-state index in [2.05, 4.69) is 30.4 Å². The summed E-state index contributed by atoms with van der Waals surface area (Å²) in [5, 5.41) is 2.92. The number of nitrogens with one attached hydrogen (secondary N) is 1. The number of carbonyl (C=O) groups excluding carboxylic acids is 1. The van der Waals surface area contributed by atoms with Crippen molar-refractivity contribution in [3.63, 3.8) is 0 Å². The SMILES string of the molecule is Cc1cccc(CCC(=O)NCC(N)C2CC2)c1.Cl. The lowest BCUT2D eigenvalue weighted by atomic mass is 10.1. The van der Waals surface area contributed by atoms with Crippen LogP contribution in [0.3, 0.4) is 0 Å². The first-order valence-electron chi connectivity index (χ1n) is 6.73. The molecule has 1 saturated carbocycles. The first kappa shape index (κ1) is 16.0. The lowest BCUT2D eigenvalue weighted by Gasteiger charge is -2.11. The normalized spacial score (nSPS) is 15.5. The first-order valence-corrected chi connectivity index (χ1v) is 6.73. The lowest BCUT2D eigenvalue weighted by Crippen LogP contribution is -2.38. The van der Waals surface area contributed by atoms with Crippen LogP contribution in [-0.4, -0.2) is 18.5 Å². The van der Waals surface area contributed by atoms with Gasteiger partial charge in [-0.25, -0.2) is 0 Å². The maximum Gasteiger partial charge on any atom is 0.220 e. The molecule has 1 fully saturated rings. The lowest BCUT2D eigenvalue weighted by molar-refractivity contribution is -0.121. The Morgan fingerprint density at radius 1 is 1.47 bits per heavy atom. The van der Waals surface area contributed by atoms with Gasteiger partial charge in [-0.15, -0.1) is 12.4 Å². The van der Waals surface area contributed by atoms with E-state index in [0.29, 0.717) is 18.9 Å². The molecule has 2 rings (SSSR count). The summed E-state index contributed by atoms with van der Waals surface area (Å²) in [7, 11) is 0. The van der Waals surface area contributed by atoms with Gasteiger partial charge >= 0.3 is 0 Å². The highest BCUT2D eigenvalue weighted by atomic mass is 35.5. The van der Waals surface area contributed by atoms with Crippen molar-refractivity contribution in [2.24, 2.45) is 11.7 Å². The molecular formula is C15H23ClN2O. The molecule has 0 spiro atoms.